The van der Waals surface area contributed by atoms with Crippen molar-refractivity contribution in [2.45, 2.75) is 64.2 Å². The molecule has 0 radical (unpaired) electrons. The fourth-order valence-corrected chi connectivity index (χ4v) is 2.20. The van der Waals surface area contributed by atoms with Crippen molar-refractivity contribution in [2.24, 2.45) is 5.73 Å². The highest BCUT2D eigenvalue weighted by Gasteiger charge is 2.12. The van der Waals surface area contributed by atoms with Gasteiger partial charge in [-0.3, -0.25) is 4.52 Å². The van der Waals surface area contributed by atoms with Crippen LogP contribution in [0.5, 0.6) is 0 Å². The van der Waals surface area contributed by atoms with Crippen LogP contribution >= 0.6 is 7.82 Å². The minimum atomic E-state index is -4.10. The Morgan fingerprint density at radius 3 is 1.83 bits per heavy atom. The van der Waals surface area contributed by atoms with Gasteiger partial charge in [-0.05, 0) is 19.4 Å². The van der Waals surface area contributed by atoms with Gasteiger partial charge in [-0.2, -0.15) is 0 Å². The molecule has 0 aliphatic rings. The fourth-order valence-electron chi connectivity index (χ4n) is 1.84. The van der Waals surface area contributed by atoms with E-state index in [1.807, 2.05) is 0 Å². The van der Waals surface area contributed by atoms with Crippen LogP contribution < -0.4 is 5.73 Å². The lowest BCUT2D eigenvalue weighted by atomic mass is 10.1. The molecule has 0 heterocycles. The Labute approximate surface area is 112 Å². The lowest BCUT2D eigenvalue weighted by Gasteiger charge is -2.05. The van der Waals surface area contributed by atoms with Crippen LogP contribution in [-0.4, -0.2) is 24.4 Å². The standard InChI is InChI=1S/C12H28NO4P/c13-11-9-7-5-3-1-2-4-6-8-10-12-17-18(14,15)16/h1-13H2,(H2,14,15,16)/i/hD. The molecule has 0 aromatic rings. The molecule has 0 saturated carbocycles. The predicted octanol–water partition coefficient (Wildman–Crippen LogP) is 2.96. The SMILES string of the molecule is [2H]OP(=O)(O)OCCCCCCCCCCCCN. The second-order valence-corrected chi connectivity index (χ2v) is 5.82. The van der Waals surface area contributed by atoms with E-state index in [9.17, 15) is 4.57 Å². The molecule has 0 aromatic carbocycles. The molecule has 0 aromatic heterocycles. The maximum absolute atomic E-state index is 10.8. The summed E-state index contributed by atoms with van der Waals surface area (Å²) in [6.45, 7) is 0.972. The summed E-state index contributed by atoms with van der Waals surface area (Å²) in [5, 5.41) is 0. The molecule has 110 valence electrons. The quantitative estimate of drug-likeness (QED) is 0.336. The summed E-state index contributed by atoms with van der Waals surface area (Å²) in [6, 6.07) is 0. The summed E-state index contributed by atoms with van der Waals surface area (Å²) >= 11 is 0. The van der Waals surface area contributed by atoms with Crippen molar-refractivity contribution >= 4 is 7.82 Å². The van der Waals surface area contributed by atoms with Crippen molar-refractivity contribution in [3.8, 4) is 0 Å². The van der Waals surface area contributed by atoms with E-state index in [2.05, 4.69) is 9.42 Å². The molecule has 5 nitrogen and oxygen atoms in total. The van der Waals surface area contributed by atoms with Gasteiger partial charge in [-0.25, -0.2) is 4.57 Å². The zero-order valence-corrected chi connectivity index (χ0v) is 12.1. The summed E-state index contributed by atoms with van der Waals surface area (Å²) in [7, 11) is -4.10. The Morgan fingerprint density at radius 2 is 1.39 bits per heavy atom. The fraction of sp³-hybridized carbons (Fsp3) is 1.00. The Bertz CT molecular complexity index is 244. The minimum absolute atomic E-state index is 0.172. The van der Waals surface area contributed by atoms with E-state index in [-0.39, 0.29) is 6.61 Å². The van der Waals surface area contributed by atoms with Gasteiger partial charge in [0.25, 0.3) is 0 Å². The van der Waals surface area contributed by atoms with E-state index in [1.165, 1.54) is 38.5 Å². The molecule has 0 aliphatic carbocycles. The molecular formula is C12H28NO4P. The largest absolute Gasteiger partial charge is 0.469 e. The summed E-state index contributed by atoms with van der Waals surface area (Å²) in [5.41, 5.74) is 5.42. The van der Waals surface area contributed by atoms with Gasteiger partial charge in [0, 0.05) is 0 Å². The first-order valence-corrected chi connectivity index (χ1v) is 8.44. The predicted molar refractivity (Wildman–Crippen MR) is 73.2 cm³/mol. The number of hydrogen-bond donors (Lipinski definition) is 3. The highest BCUT2D eigenvalue weighted by molar-refractivity contribution is 7.46. The number of nitrogens with two attached hydrogens (primary N) is 1. The third kappa shape index (κ3) is 16.1. The van der Waals surface area contributed by atoms with Gasteiger partial charge < -0.3 is 15.5 Å². The topological polar surface area (TPSA) is 92.8 Å². The number of phosphoric ester groups is 1. The minimum Gasteiger partial charge on any atom is -0.330 e. The molecule has 0 spiro atoms. The maximum Gasteiger partial charge on any atom is 0.469 e. The molecular weight excluding hydrogens is 253 g/mol. The van der Waals surface area contributed by atoms with Crippen LogP contribution in [-0.2, 0) is 9.09 Å². The molecule has 0 bridgehead atoms. The summed E-state index contributed by atoms with van der Waals surface area (Å²) in [6.07, 6.45) is 11.5. The third-order valence-electron chi connectivity index (χ3n) is 2.85. The molecule has 0 fully saturated rings. The first-order chi connectivity index (χ1) is 9.12. The number of phosphoric acid groups is 1. The highest BCUT2D eigenvalue weighted by Crippen LogP contribution is 2.35. The normalized spacial score (nSPS) is 15.3. The van der Waals surface area contributed by atoms with E-state index < -0.39 is 7.82 Å². The van der Waals surface area contributed by atoms with Crippen molar-refractivity contribution in [1.29, 1.82) is 1.43 Å². The lowest BCUT2D eigenvalue weighted by Crippen LogP contribution is -1.97. The summed E-state index contributed by atoms with van der Waals surface area (Å²) in [5.74, 6) is 0. The zero-order chi connectivity index (χ0) is 14.4. The van der Waals surface area contributed by atoms with Crippen LogP contribution in [0.3, 0.4) is 0 Å². The molecule has 0 saturated heterocycles. The molecule has 4 N–H and O–H groups in total. The molecule has 0 aliphatic heterocycles. The molecule has 0 amide bonds. The van der Waals surface area contributed by atoms with E-state index in [0.29, 0.717) is 0 Å². The van der Waals surface area contributed by atoms with Crippen LogP contribution in [0.2, 0.25) is 0 Å². The highest BCUT2D eigenvalue weighted by atomic mass is 31.2. The van der Waals surface area contributed by atoms with Gasteiger partial charge in [0.05, 0.1) is 6.61 Å². The first kappa shape index (κ1) is 16.1. The third-order valence-corrected chi connectivity index (χ3v) is 3.36. The van der Waals surface area contributed by atoms with Gasteiger partial charge in [0.1, 0.15) is 0 Å². The average Bonchev–Trinajstić information content (AvgIpc) is 2.40. The average molecular weight is 282 g/mol. The van der Waals surface area contributed by atoms with Crippen molar-refractivity contribution in [2.75, 3.05) is 13.2 Å². The van der Waals surface area contributed by atoms with Gasteiger partial charge >= 0.3 is 7.82 Å². The van der Waals surface area contributed by atoms with Crippen LogP contribution in [0.25, 0.3) is 0 Å². The van der Waals surface area contributed by atoms with E-state index in [0.717, 1.165) is 32.2 Å². The zero-order valence-electron chi connectivity index (χ0n) is 12.2. The van der Waals surface area contributed by atoms with Crippen LogP contribution in [0.4, 0.5) is 0 Å². The smallest absolute Gasteiger partial charge is 0.330 e. The molecule has 1 unspecified atom stereocenters. The molecule has 18 heavy (non-hydrogen) atoms. The van der Waals surface area contributed by atoms with Crippen LogP contribution in [0, 0.1) is 0 Å². The van der Waals surface area contributed by atoms with Gasteiger partial charge in [-0.1, -0.05) is 51.4 Å². The Balaban J connectivity index is 3.09. The van der Waals surface area contributed by atoms with Gasteiger partial charge in [0.2, 0.25) is 1.43 Å². The molecule has 6 heteroatoms. The Kier molecular flexibility index (Phi) is 10.9. The Morgan fingerprint density at radius 1 is 0.944 bits per heavy atom. The number of hydrogen-bond acceptors (Lipinski definition) is 4. The first-order valence-electron chi connectivity index (χ1n) is 7.35. The number of rotatable bonds is 14. The lowest BCUT2D eigenvalue weighted by molar-refractivity contribution is 0.193. The van der Waals surface area contributed by atoms with Crippen molar-refractivity contribution in [3.63, 3.8) is 0 Å². The van der Waals surface area contributed by atoms with E-state index in [1.54, 1.807) is 0 Å². The Hall–Kier alpha value is 0.0700. The number of unbranched alkanes of at least 4 members (excludes halogenated alkanes) is 9. The van der Waals surface area contributed by atoms with Gasteiger partial charge in [0.15, 0.2) is 0 Å². The van der Waals surface area contributed by atoms with Crippen LogP contribution in [0.15, 0.2) is 0 Å². The van der Waals surface area contributed by atoms with E-state index in [4.69, 9.17) is 12.1 Å². The molecule has 1 atom stereocenters. The summed E-state index contributed by atoms with van der Waals surface area (Å²) in [4.78, 5) is 12.4. The second-order valence-electron chi connectivity index (χ2n) is 4.63. The van der Waals surface area contributed by atoms with Crippen molar-refractivity contribution in [3.05, 3.63) is 0 Å². The second kappa shape index (κ2) is 12.1. The van der Waals surface area contributed by atoms with Crippen molar-refractivity contribution < 1.29 is 18.9 Å². The van der Waals surface area contributed by atoms with Gasteiger partial charge in [-0.15, -0.1) is 0 Å². The summed E-state index contributed by atoms with van der Waals surface area (Å²) < 4.78 is 21.6. The molecule has 0 rings (SSSR count). The monoisotopic (exact) mass is 282 g/mol. The maximum atomic E-state index is 10.8. The van der Waals surface area contributed by atoms with E-state index >= 15 is 0 Å². The van der Waals surface area contributed by atoms with Crippen LogP contribution in [0.1, 0.15) is 64.2 Å². The van der Waals surface area contributed by atoms with Crippen molar-refractivity contribution in [1.82, 2.24) is 0 Å².